The smallest absolute Gasteiger partial charge is 0.303 e. The number of carbonyl (C=O) groups is 2. The minimum absolute atomic E-state index is 0.208. The number of carbonyl (C=O) groups excluding carboxylic acids is 1. The van der Waals surface area contributed by atoms with Crippen LogP contribution in [0.5, 0.6) is 0 Å². The Balaban J connectivity index is 1.90. The van der Waals surface area contributed by atoms with Gasteiger partial charge in [-0.1, -0.05) is 24.3 Å². The Kier molecular flexibility index (Phi) is 6.44. The van der Waals surface area contributed by atoms with Gasteiger partial charge in [0.25, 0.3) is 0 Å². The van der Waals surface area contributed by atoms with Crippen molar-refractivity contribution >= 4 is 39.0 Å². The van der Waals surface area contributed by atoms with Crippen molar-refractivity contribution < 1.29 is 23.1 Å². The van der Waals surface area contributed by atoms with Gasteiger partial charge in [0.15, 0.2) is 0 Å². The van der Waals surface area contributed by atoms with Gasteiger partial charge in [-0.25, -0.2) is 13.4 Å². The number of amides is 1. The summed E-state index contributed by atoms with van der Waals surface area (Å²) < 4.78 is 25.1. The molecule has 1 aliphatic heterocycles. The van der Waals surface area contributed by atoms with E-state index in [1.807, 2.05) is 0 Å². The SMILES string of the molecule is CS(=O)(=O)Nc1ccc(C2=NN(C(=O)CCC(=O)O)C(c3cccc(N=O)c3)C2)cc1. The van der Waals surface area contributed by atoms with Gasteiger partial charge in [-0.15, -0.1) is 4.91 Å². The number of hydrazone groups is 1. The van der Waals surface area contributed by atoms with Crippen LogP contribution in [0.15, 0.2) is 58.8 Å². The van der Waals surface area contributed by atoms with Crippen LogP contribution in [-0.2, 0) is 19.6 Å². The fraction of sp³-hybridized carbons (Fsp3) is 0.250. The van der Waals surface area contributed by atoms with Gasteiger partial charge in [0.05, 0.1) is 24.4 Å². The first-order valence-electron chi connectivity index (χ1n) is 9.29. The molecule has 2 N–H and O–H groups in total. The number of hydrogen-bond donors (Lipinski definition) is 2. The summed E-state index contributed by atoms with van der Waals surface area (Å²) in [6, 6.07) is 12.5. The molecule has 0 fully saturated rings. The zero-order valence-corrected chi connectivity index (χ0v) is 17.4. The average Bonchev–Trinajstić information content (AvgIpc) is 3.17. The monoisotopic (exact) mass is 444 g/mol. The van der Waals surface area contributed by atoms with Crippen LogP contribution < -0.4 is 4.72 Å². The molecular formula is C20H20N4O6S. The van der Waals surface area contributed by atoms with Gasteiger partial charge in [-0.3, -0.25) is 14.3 Å². The summed E-state index contributed by atoms with van der Waals surface area (Å²) in [5, 5.41) is 17.5. The molecule has 1 unspecified atom stereocenters. The van der Waals surface area contributed by atoms with Crippen LogP contribution in [0.4, 0.5) is 11.4 Å². The Morgan fingerprint density at radius 1 is 1.19 bits per heavy atom. The molecule has 0 radical (unpaired) electrons. The summed E-state index contributed by atoms with van der Waals surface area (Å²) in [6.45, 7) is 0. The number of aliphatic carboxylic acids is 1. The van der Waals surface area contributed by atoms with Crippen molar-refractivity contribution in [2.75, 3.05) is 11.0 Å². The number of rotatable bonds is 8. The third-order valence-corrected chi connectivity index (χ3v) is 5.21. The van der Waals surface area contributed by atoms with Crippen molar-refractivity contribution in [1.29, 1.82) is 0 Å². The van der Waals surface area contributed by atoms with Crippen LogP contribution in [-0.4, -0.2) is 42.4 Å². The number of anilines is 1. The zero-order valence-electron chi connectivity index (χ0n) is 16.6. The molecule has 0 aliphatic carbocycles. The van der Waals surface area contributed by atoms with Crippen LogP contribution in [0.2, 0.25) is 0 Å². The second kappa shape index (κ2) is 9.04. The molecule has 0 aromatic heterocycles. The Morgan fingerprint density at radius 2 is 1.90 bits per heavy atom. The van der Waals surface area contributed by atoms with Crippen LogP contribution in [0, 0.1) is 4.91 Å². The third-order valence-electron chi connectivity index (χ3n) is 4.60. The predicted octanol–water partition coefficient (Wildman–Crippen LogP) is 3.00. The summed E-state index contributed by atoms with van der Waals surface area (Å²) in [4.78, 5) is 34.4. The topological polar surface area (TPSA) is 146 Å². The summed E-state index contributed by atoms with van der Waals surface area (Å²) in [5.74, 6) is -1.54. The number of nitroso groups, excluding NO2 is 1. The molecule has 0 spiro atoms. The fourth-order valence-corrected chi connectivity index (χ4v) is 3.80. The highest BCUT2D eigenvalue weighted by Crippen LogP contribution is 2.35. The van der Waals surface area contributed by atoms with Crippen LogP contribution >= 0.6 is 0 Å². The first-order chi connectivity index (χ1) is 14.7. The molecule has 31 heavy (non-hydrogen) atoms. The molecule has 3 rings (SSSR count). The molecule has 162 valence electrons. The summed E-state index contributed by atoms with van der Waals surface area (Å²) in [5.41, 5.74) is 2.50. The second-order valence-electron chi connectivity index (χ2n) is 7.04. The van der Waals surface area contributed by atoms with E-state index < -0.39 is 27.9 Å². The van der Waals surface area contributed by atoms with Crippen molar-refractivity contribution in [2.45, 2.75) is 25.3 Å². The first kappa shape index (κ1) is 22.1. The number of hydrogen-bond acceptors (Lipinski definition) is 7. The lowest BCUT2D eigenvalue weighted by Gasteiger charge is -2.22. The van der Waals surface area contributed by atoms with E-state index in [0.717, 1.165) is 6.26 Å². The number of benzene rings is 2. The summed E-state index contributed by atoms with van der Waals surface area (Å²) in [7, 11) is -3.41. The van der Waals surface area contributed by atoms with E-state index in [1.165, 1.54) is 11.1 Å². The lowest BCUT2D eigenvalue weighted by Crippen LogP contribution is -2.27. The standard InChI is InChI=1S/C20H20N4O6S/c1-31(29,30)23-15-7-5-13(6-8-15)17-12-18(14-3-2-4-16(11-14)22-28)24(21-17)19(25)9-10-20(26)27/h2-8,11,18,23H,9-10,12H2,1H3,(H,26,27). The van der Waals surface area contributed by atoms with Gasteiger partial charge >= 0.3 is 5.97 Å². The van der Waals surface area contributed by atoms with Gasteiger partial charge in [-0.05, 0) is 40.6 Å². The molecule has 2 aromatic rings. The van der Waals surface area contributed by atoms with Crippen LogP contribution in [0.25, 0.3) is 0 Å². The highest BCUT2D eigenvalue weighted by Gasteiger charge is 2.33. The van der Waals surface area contributed by atoms with Crippen molar-refractivity contribution in [3.8, 4) is 0 Å². The molecule has 0 bridgehead atoms. The largest absolute Gasteiger partial charge is 0.481 e. The number of carboxylic acid groups (broad SMARTS) is 1. The van der Waals surface area contributed by atoms with Gasteiger partial charge in [0, 0.05) is 18.5 Å². The molecule has 10 nitrogen and oxygen atoms in total. The van der Waals surface area contributed by atoms with Crippen molar-refractivity contribution in [2.24, 2.45) is 10.3 Å². The molecule has 1 aliphatic rings. The minimum Gasteiger partial charge on any atom is -0.481 e. The number of sulfonamides is 1. The number of nitrogens with one attached hydrogen (secondary N) is 1. The molecule has 0 saturated heterocycles. The van der Waals surface area contributed by atoms with Gasteiger partial charge < -0.3 is 5.11 Å². The highest BCUT2D eigenvalue weighted by atomic mass is 32.2. The lowest BCUT2D eigenvalue weighted by molar-refractivity contribution is -0.141. The molecule has 0 saturated carbocycles. The fourth-order valence-electron chi connectivity index (χ4n) is 3.24. The third kappa shape index (κ3) is 5.72. The van der Waals surface area contributed by atoms with E-state index in [0.29, 0.717) is 28.9 Å². The van der Waals surface area contributed by atoms with Gasteiger partial charge in [0.2, 0.25) is 15.9 Å². The van der Waals surface area contributed by atoms with E-state index in [-0.39, 0.29) is 18.5 Å². The first-order valence-corrected chi connectivity index (χ1v) is 11.2. The maximum atomic E-state index is 12.7. The quantitative estimate of drug-likeness (QED) is 0.599. The number of nitrogens with zero attached hydrogens (tertiary/aromatic N) is 3. The Hall–Kier alpha value is -3.60. The van der Waals surface area contributed by atoms with Crippen molar-refractivity contribution in [3.63, 3.8) is 0 Å². The molecule has 11 heteroatoms. The van der Waals surface area contributed by atoms with E-state index in [1.54, 1.807) is 42.5 Å². The van der Waals surface area contributed by atoms with E-state index in [9.17, 15) is 22.9 Å². The maximum Gasteiger partial charge on any atom is 0.303 e. The average molecular weight is 444 g/mol. The molecule has 1 heterocycles. The zero-order chi connectivity index (χ0) is 22.6. The minimum atomic E-state index is -3.41. The van der Waals surface area contributed by atoms with Crippen LogP contribution in [0.3, 0.4) is 0 Å². The normalized spacial score (nSPS) is 16.0. The Labute approximate surface area is 178 Å². The van der Waals surface area contributed by atoms with Gasteiger partial charge in [-0.2, -0.15) is 5.10 Å². The summed E-state index contributed by atoms with van der Waals surface area (Å²) in [6.07, 6.45) is 0.843. The lowest BCUT2D eigenvalue weighted by atomic mass is 9.98. The predicted molar refractivity (Wildman–Crippen MR) is 114 cm³/mol. The van der Waals surface area contributed by atoms with Crippen molar-refractivity contribution in [3.05, 3.63) is 64.6 Å². The Bertz CT molecular complexity index is 1140. The van der Waals surface area contributed by atoms with E-state index >= 15 is 0 Å². The van der Waals surface area contributed by atoms with E-state index in [2.05, 4.69) is 15.0 Å². The second-order valence-corrected chi connectivity index (χ2v) is 8.78. The molecule has 2 aromatic carbocycles. The van der Waals surface area contributed by atoms with E-state index in [4.69, 9.17) is 5.11 Å². The van der Waals surface area contributed by atoms with Crippen LogP contribution in [0.1, 0.15) is 36.4 Å². The Morgan fingerprint density at radius 3 is 2.52 bits per heavy atom. The number of carboxylic acids is 1. The highest BCUT2D eigenvalue weighted by molar-refractivity contribution is 7.92. The maximum absolute atomic E-state index is 12.7. The molecular weight excluding hydrogens is 424 g/mol. The van der Waals surface area contributed by atoms with Crippen molar-refractivity contribution in [1.82, 2.24) is 5.01 Å². The molecule has 1 atom stereocenters. The molecule has 1 amide bonds. The van der Waals surface area contributed by atoms with Gasteiger partial charge in [0.1, 0.15) is 5.69 Å². The summed E-state index contributed by atoms with van der Waals surface area (Å²) >= 11 is 0.